The van der Waals surface area contributed by atoms with Gasteiger partial charge in [0.2, 0.25) is 0 Å². The van der Waals surface area contributed by atoms with Crippen LogP contribution in [0.1, 0.15) is 12.6 Å². The van der Waals surface area contributed by atoms with Crippen molar-refractivity contribution in [3.8, 4) is 0 Å². The first-order valence-electron chi connectivity index (χ1n) is 4.35. The van der Waals surface area contributed by atoms with E-state index >= 15 is 0 Å². The van der Waals surface area contributed by atoms with Crippen molar-refractivity contribution >= 4 is 22.1 Å². The maximum absolute atomic E-state index is 4.59. The summed E-state index contributed by atoms with van der Waals surface area (Å²) in [6.45, 7) is 2.12. The van der Waals surface area contributed by atoms with Crippen molar-refractivity contribution in [2.24, 2.45) is 0 Å². The molecule has 0 saturated carbocycles. The molecular weight excluding hydrogens is 255 g/mol. The monoisotopic (exact) mass is 272 g/mol. The van der Waals surface area contributed by atoms with Gasteiger partial charge >= 0.3 is 78.3 Å². The van der Waals surface area contributed by atoms with Crippen LogP contribution in [0.5, 0.6) is 0 Å². The molecule has 1 aromatic rings. The molecule has 1 rings (SSSR count). The van der Waals surface area contributed by atoms with Crippen molar-refractivity contribution in [1.82, 2.24) is 9.97 Å². The molecule has 1 aromatic heterocycles. The number of aryl methyl sites for hydroxylation is 1. The molecule has 66 valence electrons. The Bertz CT molecular complexity index is 265. The Kier molecular flexibility index (Phi) is 3.09. The Hall–Kier alpha value is -0.121. The van der Waals surface area contributed by atoms with Crippen molar-refractivity contribution in [3.05, 3.63) is 18.1 Å². The van der Waals surface area contributed by atoms with Crippen molar-refractivity contribution < 1.29 is 0 Å². The van der Waals surface area contributed by atoms with E-state index in [2.05, 4.69) is 31.7 Å². The van der Waals surface area contributed by atoms with Crippen molar-refractivity contribution in [3.63, 3.8) is 0 Å². The van der Waals surface area contributed by atoms with Crippen molar-refractivity contribution in [2.75, 3.05) is 0 Å². The Morgan fingerprint density at radius 3 is 2.42 bits per heavy atom. The molecular formula is C9H16N2Sn. The third-order valence-corrected chi connectivity index (χ3v) is 6.89. The summed E-state index contributed by atoms with van der Waals surface area (Å²) in [4.78, 5) is 15.9. The normalized spacial score (nSPS) is 11.7. The van der Waals surface area contributed by atoms with Gasteiger partial charge in [0.25, 0.3) is 0 Å². The van der Waals surface area contributed by atoms with Gasteiger partial charge in [0.15, 0.2) is 0 Å². The summed E-state index contributed by atoms with van der Waals surface area (Å²) in [5.74, 6) is 0. The van der Waals surface area contributed by atoms with E-state index in [-0.39, 0.29) is 0 Å². The van der Waals surface area contributed by atoms with Crippen LogP contribution in [0.4, 0.5) is 0 Å². The standard InChI is InChI=1S/C6H7N2.3CH3.Sn/c1-2-6-5-7-3-4-8-6;;;;/h3,5H,2H2,1H3;3*1H3;. The molecule has 0 aliphatic rings. The number of aromatic nitrogens is 2. The molecule has 0 unspecified atom stereocenters. The van der Waals surface area contributed by atoms with Crippen molar-refractivity contribution in [2.45, 2.75) is 28.2 Å². The van der Waals surface area contributed by atoms with Crippen LogP contribution in [0.2, 0.25) is 14.8 Å². The molecule has 12 heavy (non-hydrogen) atoms. The number of rotatable bonds is 2. The molecule has 0 bridgehead atoms. The Morgan fingerprint density at radius 2 is 1.92 bits per heavy atom. The fourth-order valence-electron chi connectivity index (χ4n) is 0.938. The van der Waals surface area contributed by atoms with Crippen LogP contribution in [-0.2, 0) is 6.42 Å². The fraction of sp³-hybridized carbons (Fsp3) is 0.556. The zero-order valence-electron chi connectivity index (χ0n) is 8.26. The second kappa shape index (κ2) is 3.73. The summed E-state index contributed by atoms with van der Waals surface area (Å²) >= 11 is -1.95. The molecule has 0 N–H and O–H groups in total. The molecule has 3 heteroatoms. The van der Waals surface area contributed by atoms with Crippen LogP contribution in [0.15, 0.2) is 12.4 Å². The summed E-state index contributed by atoms with van der Waals surface area (Å²) in [7, 11) is 0. The van der Waals surface area contributed by atoms with Gasteiger partial charge in [-0.05, 0) is 0 Å². The topological polar surface area (TPSA) is 25.8 Å². The first-order valence-corrected chi connectivity index (χ1v) is 14.3. The van der Waals surface area contributed by atoms with Crippen LogP contribution in [0, 0.1) is 0 Å². The summed E-state index contributed by atoms with van der Waals surface area (Å²) in [5, 5.41) is 0. The first-order chi connectivity index (χ1) is 5.54. The van der Waals surface area contributed by atoms with Crippen LogP contribution in [0.25, 0.3) is 0 Å². The average molecular weight is 271 g/mol. The van der Waals surface area contributed by atoms with Gasteiger partial charge in [-0.25, -0.2) is 0 Å². The zero-order valence-corrected chi connectivity index (χ0v) is 11.1. The Balaban J connectivity index is 3.02. The van der Waals surface area contributed by atoms with Gasteiger partial charge in [-0.1, -0.05) is 0 Å². The molecule has 0 aliphatic heterocycles. The summed E-state index contributed by atoms with van der Waals surface area (Å²) in [6, 6.07) is 0. The third-order valence-electron chi connectivity index (χ3n) is 1.82. The molecule has 0 radical (unpaired) electrons. The van der Waals surface area contributed by atoms with E-state index in [4.69, 9.17) is 0 Å². The molecule has 0 spiro atoms. The third kappa shape index (κ3) is 2.44. The van der Waals surface area contributed by atoms with E-state index in [0.717, 1.165) is 12.1 Å². The quantitative estimate of drug-likeness (QED) is 0.763. The van der Waals surface area contributed by atoms with Crippen LogP contribution >= 0.6 is 0 Å². The maximum atomic E-state index is 4.59. The van der Waals surface area contributed by atoms with E-state index in [0.29, 0.717) is 0 Å². The van der Waals surface area contributed by atoms with Crippen molar-refractivity contribution in [1.29, 1.82) is 0 Å². The van der Waals surface area contributed by atoms with Crippen LogP contribution in [0.3, 0.4) is 0 Å². The summed E-state index contributed by atoms with van der Waals surface area (Å²) in [5.41, 5.74) is 1.12. The van der Waals surface area contributed by atoms with Gasteiger partial charge in [-0.15, -0.1) is 0 Å². The minimum absolute atomic E-state index is 0.989. The molecule has 0 saturated heterocycles. The number of hydrogen-bond donors (Lipinski definition) is 0. The van der Waals surface area contributed by atoms with Gasteiger partial charge in [-0.2, -0.15) is 0 Å². The molecule has 2 nitrogen and oxygen atoms in total. The molecule has 0 atom stereocenters. The predicted molar refractivity (Wildman–Crippen MR) is 54.4 cm³/mol. The van der Waals surface area contributed by atoms with E-state index in [1.165, 1.54) is 3.71 Å². The fourth-order valence-corrected chi connectivity index (χ4v) is 3.62. The Labute approximate surface area is 78.3 Å². The van der Waals surface area contributed by atoms with E-state index in [1.54, 1.807) is 0 Å². The molecule has 0 amide bonds. The number of nitrogens with zero attached hydrogens (tertiary/aromatic N) is 2. The van der Waals surface area contributed by atoms with Gasteiger partial charge in [-0.3, -0.25) is 0 Å². The van der Waals surface area contributed by atoms with Gasteiger partial charge in [0.1, 0.15) is 0 Å². The minimum atomic E-state index is -1.95. The van der Waals surface area contributed by atoms with Gasteiger partial charge in [0.05, 0.1) is 0 Å². The van der Waals surface area contributed by atoms with Gasteiger partial charge in [0, 0.05) is 0 Å². The average Bonchev–Trinajstić information content (AvgIpc) is 2.03. The summed E-state index contributed by atoms with van der Waals surface area (Å²) < 4.78 is 1.28. The van der Waals surface area contributed by atoms with Crippen LogP contribution in [-0.4, -0.2) is 28.3 Å². The van der Waals surface area contributed by atoms with Gasteiger partial charge < -0.3 is 0 Å². The summed E-state index contributed by atoms with van der Waals surface area (Å²) in [6.07, 6.45) is 4.79. The SMILES string of the molecule is CCc1cnc[c]([Sn]([CH3])([CH3])[CH3])n1. The van der Waals surface area contributed by atoms with E-state index in [1.807, 2.05) is 12.4 Å². The Morgan fingerprint density at radius 1 is 1.25 bits per heavy atom. The molecule has 0 aromatic carbocycles. The number of hydrogen-bond acceptors (Lipinski definition) is 2. The molecule has 0 aliphatic carbocycles. The van der Waals surface area contributed by atoms with E-state index < -0.39 is 18.4 Å². The van der Waals surface area contributed by atoms with Crippen LogP contribution < -0.4 is 3.71 Å². The zero-order chi connectivity index (χ0) is 9.19. The second-order valence-corrected chi connectivity index (χ2v) is 18.3. The molecule has 0 fully saturated rings. The first kappa shape index (κ1) is 9.96. The van der Waals surface area contributed by atoms with E-state index in [9.17, 15) is 0 Å². The second-order valence-electron chi connectivity index (χ2n) is 4.00. The molecule has 1 heterocycles. The predicted octanol–water partition coefficient (Wildman–Crippen LogP) is 1.58.